The summed E-state index contributed by atoms with van der Waals surface area (Å²) in [4.78, 5) is 13.9. The standard InChI is InChI=1S/C14H17NO4/c1-15(13(17)14(8-16)4-5-14)7-10-2-3-11-12(6-10)19-9-18-11/h2-3,6,16H,4-5,7-9H2,1H3. The van der Waals surface area contributed by atoms with Gasteiger partial charge in [0.05, 0.1) is 12.0 Å². The van der Waals surface area contributed by atoms with Gasteiger partial charge in [0.25, 0.3) is 0 Å². The maximum atomic E-state index is 12.2. The molecule has 0 bridgehead atoms. The second-order valence-electron chi connectivity index (χ2n) is 5.29. The van der Waals surface area contributed by atoms with E-state index in [9.17, 15) is 9.90 Å². The van der Waals surface area contributed by atoms with Crippen LogP contribution in [0.2, 0.25) is 0 Å². The Balaban J connectivity index is 1.69. The van der Waals surface area contributed by atoms with Gasteiger partial charge < -0.3 is 19.5 Å². The number of ether oxygens (including phenoxy) is 2. The maximum absolute atomic E-state index is 12.2. The largest absolute Gasteiger partial charge is 0.454 e. The Hall–Kier alpha value is -1.75. The number of amides is 1. The summed E-state index contributed by atoms with van der Waals surface area (Å²) in [5.41, 5.74) is 0.485. The number of aliphatic hydroxyl groups excluding tert-OH is 1. The van der Waals surface area contributed by atoms with Gasteiger partial charge in [-0.3, -0.25) is 4.79 Å². The van der Waals surface area contributed by atoms with Crippen LogP contribution < -0.4 is 9.47 Å². The second kappa shape index (κ2) is 4.42. The van der Waals surface area contributed by atoms with Crippen LogP contribution in [0, 0.1) is 5.41 Å². The van der Waals surface area contributed by atoms with E-state index in [0.717, 1.165) is 29.9 Å². The zero-order valence-corrected chi connectivity index (χ0v) is 10.9. The molecule has 0 radical (unpaired) electrons. The molecule has 1 aromatic rings. The molecule has 0 atom stereocenters. The molecule has 3 rings (SSSR count). The fraction of sp³-hybridized carbons (Fsp3) is 0.500. The SMILES string of the molecule is CN(Cc1ccc2c(c1)OCO2)C(=O)C1(CO)CC1. The molecule has 1 aliphatic heterocycles. The number of carbonyl (C=O) groups excluding carboxylic acids is 1. The van der Waals surface area contributed by atoms with Crippen molar-refractivity contribution in [2.75, 3.05) is 20.4 Å². The van der Waals surface area contributed by atoms with Crippen molar-refractivity contribution in [1.82, 2.24) is 4.90 Å². The van der Waals surface area contributed by atoms with Gasteiger partial charge in [0.1, 0.15) is 0 Å². The number of rotatable bonds is 4. The quantitative estimate of drug-likeness (QED) is 0.885. The molecule has 5 nitrogen and oxygen atoms in total. The van der Waals surface area contributed by atoms with Gasteiger partial charge in [-0.1, -0.05) is 6.07 Å². The van der Waals surface area contributed by atoms with Crippen molar-refractivity contribution in [3.8, 4) is 11.5 Å². The zero-order chi connectivity index (χ0) is 13.5. The summed E-state index contributed by atoms with van der Waals surface area (Å²) in [7, 11) is 1.77. The number of carbonyl (C=O) groups is 1. The highest BCUT2D eigenvalue weighted by molar-refractivity contribution is 5.85. The van der Waals surface area contributed by atoms with Gasteiger partial charge in [-0.15, -0.1) is 0 Å². The van der Waals surface area contributed by atoms with E-state index in [-0.39, 0.29) is 19.3 Å². The van der Waals surface area contributed by atoms with Crippen LogP contribution in [0.15, 0.2) is 18.2 Å². The summed E-state index contributed by atoms with van der Waals surface area (Å²) < 4.78 is 10.6. The molecule has 0 saturated heterocycles. The third kappa shape index (κ3) is 2.14. The summed E-state index contributed by atoms with van der Waals surface area (Å²) in [5.74, 6) is 1.49. The summed E-state index contributed by atoms with van der Waals surface area (Å²) in [6, 6.07) is 5.68. The monoisotopic (exact) mass is 263 g/mol. The molecular weight excluding hydrogens is 246 g/mol. The van der Waals surface area contributed by atoms with E-state index in [1.165, 1.54) is 0 Å². The lowest BCUT2D eigenvalue weighted by atomic mass is 10.1. The van der Waals surface area contributed by atoms with Crippen LogP contribution in [0.25, 0.3) is 0 Å². The lowest BCUT2D eigenvalue weighted by Crippen LogP contribution is -2.35. The molecule has 2 aliphatic rings. The highest BCUT2D eigenvalue weighted by atomic mass is 16.7. The van der Waals surface area contributed by atoms with Crippen molar-refractivity contribution >= 4 is 5.91 Å². The first-order chi connectivity index (χ1) is 9.14. The molecule has 102 valence electrons. The molecule has 0 spiro atoms. The van der Waals surface area contributed by atoms with Crippen LogP contribution in [0.1, 0.15) is 18.4 Å². The lowest BCUT2D eigenvalue weighted by molar-refractivity contribution is -0.137. The third-order valence-electron chi connectivity index (χ3n) is 3.81. The predicted molar refractivity (Wildman–Crippen MR) is 67.8 cm³/mol. The summed E-state index contributed by atoms with van der Waals surface area (Å²) in [5, 5.41) is 9.28. The maximum Gasteiger partial charge on any atom is 0.231 e. The van der Waals surface area contributed by atoms with Gasteiger partial charge in [0.2, 0.25) is 12.7 Å². The van der Waals surface area contributed by atoms with Crippen molar-refractivity contribution < 1.29 is 19.4 Å². The Bertz CT molecular complexity index is 510. The number of aliphatic hydroxyl groups is 1. The van der Waals surface area contributed by atoms with Gasteiger partial charge in [-0.25, -0.2) is 0 Å². The number of hydrogen-bond donors (Lipinski definition) is 1. The third-order valence-corrected chi connectivity index (χ3v) is 3.81. The summed E-state index contributed by atoms with van der Waals surface area (Å²) in [6.45, 7) is 0.704. The first kappa shape index (κ1) is 12.3. The number of hydrogen-bond acceptors (Lipinski definition) is 4. The minimum Gasteiger partial charge on any atom is -0.454 e. The average Bonchev–Trinajstić information content (AvgIpc) is 3.09. The van der Waals surface area contributed by atoms with Crippen molar-refractivity contribution in [2.45, 2.75) is 19.4 Å². The zero-order valence-electron chi connectivity index (χ0n) is 10.9. The van der Waals surface area contributed by atoms with Crippen molar-refractivity contribution in [2.24, 2.45) is 5.41 Å². The fourth-order valence-electron chi connectivity index (χ4n) is 2.38. The first-order valence-corrected chi connectivity index (χ1v) is 6.40. The van der Waals surface area contributed by atoms with Crippen LogP contribution in [-0.2, 0) is 11.3 Å². The molecule has 1 N–H and O–H groups in total. The molecule has 0 aromatic heterocycles. The average molecular weight is 263 g/mol. The number of nitrogens with zero attached hydrogens (tertiary/aromatic N) is 1. The Morgan fingerprint density at radius 3 is 2.79 bits per heavy atom. The van der Waals surface area contributed by atoms with Crippen LogP contribution >= 0.6 is 0 Å². The van der Waals surface area contributed by atoms with Gasteiger partial charge in [0, 0.05) is 13.6 Å². The molecule has 19 heavy (non-hydrogen) atoms. The van der Waals surface area contributed by atoms with Crippen molar-refractivity contribution in [3.63, 3.8) is 0 Å². The van der Waals surface area contributed by atoms with Crippen molar-refractivity contribution in [3.05, 3.63) is 23.8 Å². The Labute approximate surface area is 111 Å². The molecular formula is C14H17NO4. The highest BCUT2D eigenvalue weighted by Gasteiger charge is 2.50. The van der Waals surface area contributed by atoms with E-state index in [1.807, 2.05) is 18.2 Å². The van der Waals surface area contributed by atoms with Crippen molar-refractivity contribution in [1.29, 1.82) is 0 Å². The van der Waals surface area contributed by atoms with Crippen LogP contribution in [0.4, 0.5) is 0 Å². The van der Waals surface area contributed by atoms with E-state index in [1.54, 1.807) is 11.9 Å². The molecule has 1 aromatic carbocycles. The minimum absolute atomic E-state index is 0.0210. The number of benzene rings is 1. The van der Waals surface area contributed by atoms with E-state index >= 15 is 0 Å². The van der Waals surface area contributed by atoms with Gasteiger partial charge >= 0.3 is 0 Å². The highest BCUT2D eigenvalue weighted by Crippen LogP contribution is 2.46. The molecule has 1 aliphatic carbocycles. The van der Waals surface area contributed by atoms with Gasteiger partial charge in [-0.05, 0) is 30.5 Å². The fourth-order valence-corrected chi connectivity index (χ4v) is 2.38. The van der Waals surface area contributed by atoms with Crippen LogP contribution in [-0.4, -0.2) is 36.4 Å². The molecule has 1 heterocycles. The van der Waals surface area contributed by atoms with Crippen LogP contribution in [0.5, 0.6) is 11.5 Å². The Morgan fingerprint density at radius 2 is 2.11 bits per heavy atom. The molecule has 1 amide bonds. The van der Waals surface area contributed by atoms with E-state index in [2.05, 4.69) is 0 Å². The number of fused-ring (bicyclic) bond motifs is 1. The van der Waals surface area contributed by atoms with Gasteiger partial charge in [-0.2, -0.15) is 0 Å². The first-order valence-electron chi connectivity index (χ1n) is 6.40. The predicted octanol–water partition coefficient (Wildman–Crippen LogP) is 1.15. The molecule has 1 fully saturated rings. The molecule has 5 heteroatoms. The van der Waals surface area contributed by atoms with E-state index in [0.29, 0.717) is 6.54 Å². The minimum atomic E-state index is -0.509. The summed E-state index contributed by atoms with van der Waals surface area (Å²) in [6.07, 6.45) is 1.57. The Kier molecular flexibility index (Phi) is 2.86. The second-order valence-corrected chi connectivity index (χ2v) is 5.29. The molecule has 0 unspecified atom stereocenters. The lowest BCUT2D eigenvalue weighted by Gasteiger charge is -2.22. The van der Waals surface area contributed by atoms with Gasteiger partial charge in [0.15, 0.2) is 11.5 Å². The summed E-state index contributed by atoms with van der Waals surface area (Å²) >= 11 is 0. The van der Waals surface area contributed by atoms with Crippen LogP contribution in [0.3, 0.4) is 0 Å². The smallest absolute Gasteiger partial charge is 0.231 e. The normalized spacial score (nSPS) is 18.2. The Morgan fingerprint density at radius 1 is 1.37 bits per heavy atom. The van der Waals surface area contributed by atoms with E-state index < -0.39 is 5.41 Å². The topological polar surface area (TPSA) is 59.0 Å². The molecule has 1 saturated carbocycles. The van der Waals surface area contributed by atoms with E-state index in [4.69, 9.17) is 9.47 Å².